The van der Waals surface area contributed by atoms with Gasteiger partial charge in [0.05, 0.1) is 12.1 Å². The second kappa shape index (κ2) is 7.11. The van der Waals surface area contributed by atoms with E-state index in [4.69, 9.17) is 0 Å². The number of nitrogens with one attached hydrogen (secondary N) is 2. The average molecular weight is 315 g/mol. The summed E-state index contributed by atoms with van der Waals surface area (Å²) in [4.78, 5) is 14.0. The van der Waals surface area contributed by atoms with Crippen LogP contribution in [0, 0.1) is 0 Å². The Bertz CT molecular complexity index is 502. The van der Waals surface area contributed by atoms with Crippen molar-refractivity contribution in [2.45, 2.75) is 25.1 Å². The molecule has 1 aromatic rings. The summed E-state index contributed by atoms with van der Waals surface area (Å²) in [5.41, 5.74) is -0.349. The molecule has 1 saturated heterocycles. The monoisotopic (exact) mass is 315 g/mol. The molecule has 1 aromatic carbocycles. The van der Waals surface area contributed by atoms with Crippen molar-refractivity contribution in [1.82, 2.24) is 10.2 Å². The van der Waals surface area contributed by atoms with Crippen LogP contribution in [0.15, 0.2) is 24.3 Å². The third kappa shape index (κ3) is 4.71. The molecule has 1 unspecified atom stereocenters. The minimum absolute atomic E-state index is 0.212. The molecule has 0 spiro atoms. The van der Waals surface area contributed by atoms with E-state index >= 15 is 0 Å². The number of amides is 1. The minimum atomic E-state index is -4.36. The minimum Gasteiger partial charge on any atom is -0.325 e. The number of carbonyl (C=O) groups excluding carboxylic acids is 1. The van der Waals surface area contributed by atoms with Crippen molar-refractivity contribution in [3.8, 4) is 0 Å². The van der Waals surface area contributed by atoms with Gasteiger partial charge in [-0.1, -0.05) is 0 Å². The van der Waals surface area contributed by atoms with Crippen LogP contribution < -0.4 is 10.6 Å². The number of halogens is 3. The lowest BCUT2D eigenvalue weighted by Gasteiger charge is -2.31. The second-order valence-corrected chi connectivity index (χ2v) is 5.49. The van der Waals surface area contributed by atoms with Crippen LogP contribution >= 0.6 is 0 Å². The molecule has 1 amide bonds. The molecular weight excluding hydrogens is 295 g/mol. The summed E-state index contributed by atoms with van der Waals surface area (Å²) in [6, 6.07) is 4.86. The summed E-state index contributed by atoms with van der Waals surface area (Å²) in [6.45, 7) is 1.91. The van der Waals surface area contributed by atoms with Crippen molar-refractivity contribution in [3.63, 3.8) is 0 Å². The van der Waals surface area contributed by atoms with Gasteiger partial charge in [-0.25, -0.2) is 0 Å². The first-order chi connectivity index (χ1) is 10.4. The van der Waals surface area contributed by atoms with Crippen molar-refractivity contribution in [1.29, 1.82) is 0 Å². The summed E-state index contributed by atoms with van der Waals surface area (Å²) in [7, 11) is 1.90. The number of piperidine rings is 1. The molecule has 1 heterocycles. The Morgan fingerprint density at radius 3 is 2.59 bits per heavy atom. The highest BCUT2D eigenvalue weighted by Crippen LogP contribution is 2.29. The molecule has 0 saturated carbocycles. The number of hydrogen-bond acceptors (Lipinski definition) is 3. The maximum atomic E-state index is 12.5. The third-order valence-corrected chi connectivity index (χ3v) is 3.78. The van der Waals surface area contributed by atoms with E-state index in [-0.39, 0.29) is 12.5 Å². The van der Waals surface area contributed by atoms with Crippen LogP contribution in [0.3, 0.4) is 0 Å². The number of benzene rings is 1. The zero-order valence-corrected chi connectivity index (χ0v) is 12.4. The van der Waals surface area contributed by atoms with Gasteiger partial charge in [0.25, 0.3) is 0 Å². The van der Waals surface area contributed by atoms with Gasteiger partial charge >= 0.3 is 6.18 Å². The molecule has 0 aromatic heterocycles. The summed E-state index contributed by atoms with van der Waals surface area (Å²) >= 11 is 0. The maximum Gasteiger partial charge on any atom is 0.416 e. The van der Waals surface area contributed by atoms with Gasteiger partial charge in [0.1, 0.15) is 0 Å². The molecule has 1 fully saturated rings. The first-order valence-corrected chi connectivity index (χ1v) is 7.25. The molecule has 22 heavy (non-hydrogen) atoms. The van der Waals surface area contributed by atoms with Crippen molar-refractivity contribution in [3.05, 3.63) is 29.8 Å². The first kappa shape index (κ1) is 16.8. The van der Waals surface area contributed by atoms with E-state index in [2.05, 4.69) is 10.6 Å². The number of likely N-dealkylation sites (N-methyl/N-ethyl adjacent to an activating group) is 1. The number of likely N-dealkylation sites (tertiary alicyclic amines) is 1. The summed E-state index contributed by atoms with van der Waals surface area (Å²) in [5, 5.41) is 5.83. The molecule has 1 aliphatic heterocycles. The number of anilines is 1. The summed E-state index contributed by atoms with van der Waals surface area (Å²) in [5.74, 6) is -0.212. The van der Waals surface area contributed by atoms with E-state index in [1.54, 1.807) is 0 Å². The smallest absolute Gasteiger partial charge is 0.325 e. The van der Waals surface area contributed by atoms with Gasteiger partial charge < -0.3 is 10.6 Å². The molecule has 0 bridgehead atoms. The fourth-order valence-corrected chi connectivity index (χ4v) is 2.58. The van der Waals surface area contributed by atoms with Crippen LogP contribution in [0.4, 0.5) is 18.9 Å². The molecular formula is C15H20F3N3O. The molecule has 1 aliphatic rings. The van der Waals surface area contributed by atoms with Crippen LogP contribution in [0.2, 0.25) is 0 Å². The SMILES string of the molecule is CNC1CCCN(CC(=O)Nc2ccc(C(F)(F)F)cc2)C1. The highest BCUT2D eigenvalue weighted by molar-refractivity contribution is 5.92. The van der Waals surface area contributed by atoms with Gasteiger partial charge in [0.2, 0.25) is 5.91 Å². The van der Waals surface area contributed by atoms with E-state index in [0.717, 1.165) is 38.1 Å². The predicted molar refractivity (Wildman–Crippen MR) is 78.6 cm³/mol. The van der Waals surface area contributed by atoms with Crippen molar-refractivity contribution < 1.29 is 18.0 Å². The number of rotatable bonds is 4. The van der Waals surface area contributed by atoms with Crippen LogP contribution in [-0.4, -0.2) is 43.5 Å². The zero-order chi connectivity index (χ0) is 16.2. The van der Waals surface area contributed by atoms with Crippen LogP contribution in [0.25, 0.3) is 0 Å². The van der Waals surface area contributed by atoms with E-state index < -0.39 is 11.7 Å². The van der Waals surface area contributed by atoms with Crippen LogP contribution in [-0.2, 0) is 11.0 Å². The Kier molecular flexibility index (Phi) is 5.42. The Morgan fingerprint density at radius 2 is 2.00 bits per heavy atom. The van der Waals surface area contributed by atoms with E-state index in [0.29, 0.717) is 11.7 Å². The molecule has 2 rings (SSSR count). The topological polar surface area (TPSA) is 44.4 Å². The standard InChI is InChI=1S/C15H20F3N3O/c1-19-13-3-2-8-21(9-13)10-14(22)20-12-6-4-11(5-7-12)15(16,17)18/h4-7,13,19H,2-3,8-10H2,1H3,(H,20,22). The molecule has 0 radical (unpaired) electrons. The van der Waals surface area contributed by atoms with E-state index in [1.165, 1.54) is 12.1 Å². The number of carbonyl (C=O) groups is 1. The lowest BCUT2D eigenvalue weighted by Crippen LogP contribution is -2.46. The van der Waals surface area contributed by atoms with Gasteiger partial charge in [-0.2, -0.15) is 13.2 Å². The fraction of sp³-hybridized carbons (Fsp3) is 0.533. The lowest BCUT2D eigenvalue weighted by molar-refractivity contribution is -0.137. The lowest BCUT2D eigenvalue weighted by atomic mass is 10.1. The zero-order valence-electron chi connectivity index (χ0n) is 12.4. The Morgan fingerprint density at radius 1 is 1.32 bits per heavy atom. The second-order valence-electron chi connectivity index (χ2n) is 5.49. The fourth-order valence-electron chi connectivity index (χ4n) is 2.58. The number of hydrogen-bond donors (Lipinski definition) is 2. The summed E-state index contributed by atoms with van der Waals surface area (Å²) < 4.78 is 37.4. The normalized spacial score (nSPS) is 19.9. The van der Waals surface area contributed by atoms with Crippen molar-refractivity contribution in [2.75, 3.05) is 32.0 Å². The van der Waals surface area contributed by atoms with Crippen LogP contribution in [0.5, 0.6) is 0 Å². The first-order valence-electron chi connectivity index (χ1n) is 7.25. The number of alkyl halides is 3. The van der Waals surface area contributed by atoms with Gasteiger partial charge in [-0.3, -0.25) is 9.69 Å². The Hall–Kier alpha value is -1.60. The highest BCUT2D eigenvalue weighted by atomic mass is 19.4. The molecule has 1 atom stereocenters. The quantitative estimate of drug-likeness (QED) is 0.896. The van der Waals surface area contributed by atoms with Crippen molar-refractivity contribution in [2.24, 2.45) is 0 Å². The van der Waals surface area contributed by atoms with Crippen LogP contribution in [0.1, 0.15) is 18.4 Å². The van der Waals surface area contributed by atoms with E-state index in [1.807, 2.05) is 11.9 Å². The van der Waals surface area contributed by atoms with Gasteiger partial charge in [-0.05, 0) is 50.7 Å². The predicted octanol–water partition coefficient (Wildman–Crippen LogP) is 2.33. The van der Waals surface area contributed by atoms with Gasteiger partial charge in [0, 0.05) is 18.3 Å². The largest absolute Gasteiger partial charge is 0.416 e. The maximum absolute atomic E-state index is 12.5. The Balaban J connectivity index is 1.86. The third-order valence-electron chi connectivity index (χ3n) is 3.78. The van der Waals surface area contributed by atoms with Gasteiger partial charge in [-0.15, -0.1) is 0 Å². The molecule has 0 aliphatic carbocycles. The van der Waals surface area contributed by atoms with E-state index in [9.17, 15) is 18.0 Å². The molecule has 122 valence electrons. The average Bonchev–Trinajstić information content (AvgIpc) is 2.47. The van der Waals surface area contributed by atoms with Gasteiger partial charge in [0.15, 0.2) is 0 Å². The molecule has 7 heteroatoms. The van der Waals surface area contributed by atoms with Crippen molar-refractivity contribution >= 4 is 11.6 Å². The molecule has 4 nitrogen and oxygen atoms in total. The highest BCUT2D eigenvalue weighted by Gasteiger charge is 2.30. The number of nitrogens with zero attached hydrogens (tertiary/aromatic N) is 1. The summed E-state index contributed by atoms with van der Waals surface area (Å²) in [6.07, 6.45) is -2.24. The Labute approximate surface area is 127 Å². The molecule has 2 N–H and O–H groups in total.